The molecule has 1 aromatic heterocycles. The number of halogens is 2. The quantitative estimate of drug-likeness (QED) is 0.940. The molecule has 1 unspecified atom stereocenters. The van der Waals surface area contributed by atoms with Gasteiger partial charge >= 0.3 is 0 Å². The van der Waals surface area contributed by atoms with E-state index in [0.717, 1.165) is 22.3 Å². The van der Waals surface area contributed by atoms with E-state index in [2.05, 4.69) is 26.2 Å². The summed E-state index contributed by atoms with van der Waals surface area (Å²) in [6.07, 6.45) is 3.68. The van der Waals surface area contributed by atoms with Crippen LogP contribution in [0.25, 0.3) is 0 Å². The molecule has 96 valence electrons. The van der Waals surface area contributed by atoms with Crippen LogP contribution in [0, 0.1) is 5.82 Å². The standard InChI is InChI=1S/C13H15BrFN3/c1-3-16-13(12-7-18(2)8-17-12)9-4-10(14)6-11(15)5-9/h4-8,13,16H,3H2,1-2H3. The number of imidazole rings is 1. The van der Waals surface area contributed by atoms with Gasteiger partial charge in [0.15, 0.2) is 0 Å². The third-order valence-electron chi connectivity index (χ3n) is 2.65. The number of aromatic nitrogens is 2. The van der Waals surface area contributed by atoms with Crippen LogP contribution in [0.5, 0.6) is 0 Å². The van der Waals surface area contributed by atoms with Crippen molar-refractivity contribution in [2.75, 3.05) is 6.54 Å². The van der Waals surface area contributed by atoms with Crippen LogP contribution in [0.4, 0.5) is 4.39 Å². The molecule has 0 amide bonds. The zero-order valence-electron chi connectivity index (χ0n) is 10.3. The number of nitrogens with zero attached hydrogens (tertiary/aromatic N) is 2. The molecule has 2 rings (SSSR count). The SMILES string of the molecule is CCNC(c1cc(F)cc(Br)c1)c1cn(C)cn1. The van der Waals surface area contributed by atoms with E-state index >= 15 is 0 Å². The average Bonchev–Trinajstić information content (AvgIpc) is 2.71. The molecule has 0 aliphatic heterocycles. The van der Waals surface area contributed by atoms with Crippen molar-refractivity contribution in [2.45, 2.75) is 13.0 Å². The largest absolute Gasteiger partial charge is 0.340 e. The smallest absolute Gasteiger partial charge is 0.124 e. The minimum absolute atomic E-state index is 0.0943. The van der Waals surface area contributed by atoms with E-state index in [-0.39, 0.29) is 11.9 Å². The molecule has 0 aliphatic carbocycles. The summed E-state index contributed by atoms with van der Waals surface area (Å²) >= 11 is 3.32. The van der Waals surface area contributed by atoms with Gasteiger partial charge < -0.3 is 9.88 Å². The highest BCUT2D eigenvalue weighted by atomic mass is 79.9. The maximum atomic E-state index is 13.5. The monoisotopic (exact) mass is 311 g/mol. The van der Waals surface area contributed by atoms with Crippen LogP contribution in [0.15, 0.2) is 35.2 Å². The molecule has 0 bridgehead atoms. The van der Waals surface area contributed by atoms with Crippen molar-refractivity contribution in [3.63, 3.8) is 0 Å². The van der Waals surface area contributed by atoms with E-state index in [4.69, 9.17) is 0 Å². The van der Waals surface area contributed by atoms with E-state index in [0.29, 0.717) is 0 Å². The molecule has 3 nitrogen and oxygen atoms in total. The molecule has 2 aromatic rings. The zero-order chi connectivity index (χ0) is 13.1. The lowest BCUT2D eigenvalue weighted by Gasteiger charge is -2.16. The van der Waals surface area contributed by atoms with Gasteiger partial charge in [-0.3, -0.25) is 0 Å². The molecule has 0 saturated heterocycles. The Morgan fingerprint density at radius 3 is 2.78 bits per heavy atom. The summed E-state index contributed by atoms with van der Waals surface area (Å²) in [5, 5.41) is 3.32. The molecule has 0 aliphatic rings. The second kappa shape index (κ2) is 5.63. The summed E-state index contributed by atoms with van der Waals surface area (Å²) in [5.74, 6) is -0.252. The predicted molar refractivity (Wildman–Crippen MR) is 72.8 cm³/mol. The fourth-order valence-electron chi connectivity index (χ4n) is 1.92. The summed E-state index contributed by atoms with van der Waals surface area (Å²) in [4.78, 5) is 4.33. The van der Waals surface area contributed by atoms with Gasteiger partial charge in [0.1, 0.15) is 5.82 Å². The highest BCUT2D eigenvalue weighted by Crippen LogP contribution is 2.24. The third kappa shape index (κ3) is 2.97. The number of nitrogens with one attached hydrogen (secondary N) is 1. The first-order chi connectivity index (χ1) is 8.60. The van der Waals surface area contributed by atoms with Crippen molar-refractivity contribution in [3.05, 3.63) is 52.3 Å². The topological polar surface area (TPSA) is 29.9 Å². The van der Waals surface area contributed by atoms with Gasteiger partial charge in [-0.05, 0) is 30.3 Å². The van der Waals surface area contributed by atoms with E-state index in [1.54, 1.807) is 6.33 Å². The molecule has 5 heteroatoms. The maximum Gasteiger partial charge on any atom is 0.124 e. The summed E-state index contributed by atoms with van der Waals surface area (Å²) in [6, 6.07) is 4.80. The van der Waals surface area contributed by atoms with Crippen LogP contribution in [-0.2, 0) is 7.05 Å². The Morgan fingerprint density at radius 1 is 1.44 bits per heavy atom. The highest BCUT2D eigenvalue weighted by Gasteiger charge is 2.16. The molecule has 18 heavy (non-hydrogen) atoms. The van der Waals surface area contributed by atoms with Crippen molar-refractivity contribution < 1.29 is 4.39 Å². The summed E-state index contributed by atoms with van der Waals surface area (Å²) < 4.78 is 16.1. The minimum atomic E-state index is -0.252. The Kier molecular flexibility index (Phi) is 4.14. The van der Waals surface area contributed by atoms with Crippen molar-refractivity contribution in [1.29, 1.82) is 0 Å². The summed E-state index contributed by atoms with van der Waals surface area (Å²) in [6.45, 7) is 2.81. The van der Waals surface area contributed by atoms with E-state index in [1.165, 1.54) is 12.1 Å². The van der Waals surface area contributed by atoms with Crippen LogP contribution in [0.1, 0.15) is 24.2 Å². The molecular formula is C13H15BrFN3. The van der Waals surface area contributed by atoms with Crippen molar-refractivity contribution in [2.24, 2.45) is 7.05 Å². The molecule has 0 fully saturated rings. The summed E-state index contributed by atoms with van der Waals surface area (Å²) in [5.41, 5.74) is 1.75. The summed E-state index contributed by atoms with van der Waals surface area (Å²) in [7, 11) is 1.92. The van der Waals surface area contributed by atoms with Gasteiger partial charge in [-0.25, -0.2) is 9.37 Å². The van der Waals surface area contributed by atoms with E-state index in [1.807, 2.05) is 30.8 Å². The zero-order valence-corrected chi connectivity index (χ0v) is 11.9. The molecule has 1 aromatic carbocycles. The van der Waals surface area contributed by atoms with E-state index in [9.17, 15) is 4.39 Å². The molecule has 1 N–H and O–H groups in total. The van der Waals surface area contributed by atoms with Crippen molar-refractivity contribution in [1.82, 2.24) is 14.9 Å². The van der Waals surface area contributed by atoms with Crippen molar-refractivity contribution in [3.8, 4) is 0 Å². The van der Waals surface area contributed by atoms with Crippen LogP contribution in [0.3, 0.4) is 0 Å². The normalized spacial score (nSPS) is 12.7. The number of aryl methyl sites for hydroxylation is 1. The van der Waals surface area contributed by atoms with Crippen LogP contribution < -0.4 is 5.32 Å². The number of rotatable bonds is 4. The van der Waals surface area contributed by atoms with Crippen LogP contribution >= 0.6 is 15.9 Å². The Bertz CT molecular complexity index is 519. The van der Waals surface area contributed by atoms with Gasteiger partial charge in [-0.15, -0.1) is 0 Å². The third-order valence-corrected chi connectivity index (χ3v) is 3.10. The van der Waals surface area contributed by atoms with Gasteiger partial charge in [-0.2, -0.15) is 0 Å². The van der Waals surface area contributed by atoms with Gasteiger partial charge in [0.25, 0.3) is 0 Å². The first-order valence-corrected chi connectivity index (χ1v) is 6.56. The van der Waals surface area contributed by atoms with Gasteiger partial charge in [0.05, 0.1) is 18.1 Å². The van der Waals surface area contributed by atoms with Crippen LogP contribution in [0.2, 0.25) is 0 Å². The number of hydrogen-bond donors (Lipinski definition) is 1. The Hall–Kier alpha value is -1.20. The lowest BCUT2D eigenvalue weighted by atomic mass is 10.0. The predicted octanol–water partition coefficient (Wildman–Crippen LogP) is 3.02. The number of hydrogen-bond acceptors (Lipinski definition) is 2. The van der Waals surface area contributed by atoms with Gasteiger partial charge in [0.2, 0.25) is 0 Å². The lowest BCUT2D eigenvalue weighted by molar-refractivity contribution is 0.595. The first kappa shape index (κ1) is 13.2. The fourth-order valence-corrected chi connectivity index (χ4v) is 2.40. The van der Waals surface area contributed by atoms with Gasteiger partial charge in [0, 0.05) is 17.7 Å². The molecular weight excluding hydrogens is 297 g/mol. The fraction of sp³-hybridized carbons (Fsp3) is 0.308. The second-order valence-electron chi connectivity index (χ2n) is 4.16. The Balaban J connectivity index is 2.40. The maximum absolute atomic E-state index is 13.5. The lowest BCUT2D eigenvalue weighted by Crippen LogP contribution is -2.22. The molecule has 1 atom stereocenters. The average molecular weight is 312 g/mol. The molecule has 0 saturated carbocycles. The first-order valence-electron chi connectivity index (χ1n) is 5.77. The number of benzene rings is 1. The molecule has 0 spiro atoms. The molecule has 1 heterocycles. The molecule has 0 radical (unpaired) electrons. The minimum Gasteiger partial charge on any atom is -0.340 e. The van der Waals surface area contributed by atoms with Crippen molar-refractivity contribution >= 4 is 15.9 Å². The Morgan fingerprint density at radius 2 is 2.22 bits per heavy atom. The second-order valence-corrected chi connectivity index (χ2v) is 5.07. The Labute approximate surface area is 114 Å². The van der Waals surface area contributed by atoms with E-state index < -0.39 is 0 Å². The van der Waals surface area contributed by atoms with Crippen LogP contribution in [-0.4, -0.2) is 16.1 Å². The van der Waals surface area contributed by atoms with Gasteiger partial charge in [-0.1, -0.05) is 22.9 Å². The highest BCUT2D eigenvalue weighted by molar-refractivity contribution is 9.10.